The van der Waals surface area contributed by atoms with Crippen LogP contribution in [0.25, 0.3) is 0 Å². The van der Waals surface area contributed by atoms with Crippen LogP contribution in [0.4, 0.5) is 4.39 Å². The van der Waals surface area contributed by atoms with Crippen LogP contribution in [0.15, 0.2) is 48.5 Å². The molecule has 0 heterocycles. The lowest BCUT2D eigenvalue weighted by molar-refractivity contribution is 0.103. The van der Waals surface area contributed by atoms with E-state index in [2.05, 4.69) is 0 Å². The summed E-state index contributed by atoms with van der Waals surface area (Å²) in [5.74, 6) is -1.03. The molecule has 2 aromatic rings. The molecule has 0 atom stereocenters. The normalized spacial score (nSPS) is 10.1. The Hall–Kier alpha value is -1.67. The lowest BCUT2D eigenvalue weighted by atomic mass is 10.0. The molecule has 0 aliphatic heterocycles. The molecule has 80 valence electrons. The summed E-state index contributed by atoms with van der Waals surface area (Å²) in [6, 6.07) is 12.9. The van der Waals surface area contributed by atoms with Crippen LogP contribution in [0, 0.1) is 5.82 Å². The molecule has 0 radical (unpaired) electrons. The van der Waals surface area contributed by atoms with E-state index in [-0.39, 0.29) is 16.4 Å². The second-order valence-corrected chi connectivity index (χ2v) is 3.70. The van der Waals surface area contributed by atoms with E-state index in [4.69, 9.17) is 11.6 Å². The third-order valence-electron chi connectivity index (χ3n) is 2.23. The molecule has 0 aliphatic carbocycles. The summed E-state index contributed by atoms with van der Waals surface area (Å²) < 4.78 is 13.6. The highest BCUT2D eigenvalue weighted by atomic mass is 35.5. The lowest BCUT2D eigenvalue weighted by Gasteiger charge is -2.03. The van der Waals surface area contributed by atoms with E-state index in [1.165, 1.54) is 12.1 Å². The monoisotopic (exact) mass is 234 g/mol. The molecule has 0 bridgehead atoms. The zero-order valence-corrected chi connectivity index (χ0v) is 9.04. The van der Waals surface area contributed by atoms with Gasteiger partial charge in [-0.1, -0.05) is 48.0 Å². The van der Waals surface area contributed by atoms with Crippen LogP contribution < -0.4 is 0 Å². The third kappa shape index (κ3) is 1.97. The van der Waals surface area contributed by atoms with Gasteiger partial charge in [0.25, 0.3) is 0 Å². The summed E-state index contributed by atoms with van der Waals surface area (Å²) in [7, 11) is 0. The van der Waals surface area contributed by atoms with E-state index in [1.54, 1.807) is 36.4 Å². The van der Waals surface area contributed by atoms with Crippen LogP contribution in [-0.4, -0.2) is 5.78 Å². The van der Waals surface area contributed by atoms with Gasteiger partial charge in [-0.2, -0.15) is 0 Å². The van der Waals surface area contributed by atoms with Crippen LogP contribution in [0.1, 0.15) is 15.9 Å². The predicted molar refractivity (Wildman–Crippen MR) is 61.3 cm³/mol. The van der Waals surface area contributed by atoms with Crippen molar-refractivity contribution in [1.29, 1.82) is 0 Å². The van der Waals surface area contributed by atoms with Gasteiger partial charge in [0.1, 0.15) is 0 Å². The molecule has 16 heavy (non-hydrogen) atoms. The summed E-state index contributed by atoms with van der Waals surface area (Å²) in [4.78, 5) is 11.9. The maximum atomic E-state index is 13.6. The molecule has 0 amide bonds. The first-order valence-corrected chi connectivity index (χ1v) is 5.11. The molecule has 2 aromatic carbocycles. The highest BCUT2D eigenvalue weighted by molar-refractivity contribution is 6.31. The second kappa shape index (κ2) is 4.45. The maximum absolute atomic E-state index is 13.6. The van der Waals surface area contributed by atoms with E-state index >= 15 is 0 Å². The Kier molecular flexibility index (Phi) is 3.02. The molecule has 0 unspecified atom stereocenters. The van der Waals surface area contributed by atoms with Gasteiger partial charge in [-0.3, -0.25) is 4.79 Å². The Labute approximate surface area is 97.5 Å². The van der Waals surface area contributed by atoms with Crippen molar-refractivity contribution in [2.24, 2.45) is 0 Å². The molecular weight excluding hydrogens is 227 g/mol. The van der Waals surface area contributed by atoms with Crippen LogP contribution in [0.5, 0.6) is 0 Å². The largest absolute Gasteiger partial charge is 0.288 e. The lowest BCUT2D eigenvalue weighted by Crippen LogP contribution is -2.04. The van der Waals surface area contributed by atoms with Crippen LogP contribution in [-0.2, 0) is 0 Å². The fourth-order valence-corrected chi connectivity index (χ4v) is 1.60. The molecule has 0 N–H and O–H groups in total. The second-order valence-electron chi connectivity index (χ2n) is 3.30. The number of hydrogen-bond acceptors (Lipinski definition) is 1. The van der Waals surface area contributed by atoms with E-state index in [1.807, 2.05) is 0 Å². The quantitative estimate of drug-likeness (QED) is 0.724. The van der Waals surface area contributed by atoms with Gasteiger partial charge in [-0.05, 0) is 12.1 Å². The average Bonchev–Trinajstić information content (AvgIpc) is 2.33. The minimum Gasteiger partial charge on any atom is -0.288 e. The molecule has 1 nitrogen and oxygen atoms in total. The molecule has 3 heteroatoms. The van der Waals surface area contributed by atoms with Crippen LogP contribution in [0.2, 0.25) is 5.02 Å². The highest BCUT2D eigenvalue weighted by Crippen LogP contribution is 2.20. The van der Waals surface area contributed by atoms with Crippen molar-refractivity contribution >= 4 is 17.4 Å². The molecule has 2 rings (SSSR count). The Bertz CT molecular complexity index is 523. The van der Waals surface area contributed by atoms with Gasteiger partial charge < -0.3 is 0 Å². The summed E-state index contributed by atoms with van der Waals surface area (Å²) in [5, 5.41) is -0.0400. The third-order valence-corrected chi connectivity index (χ3v) is 2.52. The summed E-state index contributed by atoms with van der Waals surface area (Å²) in [6.45, 7) is 0. The van der Waals surface area contributed by atoms with Crippen molar-refractivity contribution in [3.63, 3.8) is 0 Å². The number of carbonyl (C=O) groups excluding carboxylic acids is 1. The molecule has 0 aromatic heterocycles. The fraction of sp³-hybridized carbons (Fsp3) is 0. The first-order chi connectivity index (χ1) is 7.70. The summed E-state index contributed by atoms with van der Waals surface area (Å²) >= 11 is 5.62. The van der Waals surface area contributed by atoms with Gasteiger partial charge in [-0.15, -0.1) is 0 Å². The van der Waals surface area contributed by atoms with Crippen LogP contribution in [0.3, 0.4) is 0 Å². The minimum atomic E-state index is -0.669. The Balaban J connectivity index is 2.46. The minimum absolute atomic E-state index is 0.00120. The molecular formula is C13H8ClFO. The van der Waals surface area contributed by atoms with E-state index in [0.717, 1.165) is 0 Å². The van der Waals surface area contributed by atoms with Gasteiger partial charge in [0.2, 0.25) is 0 Å². The maximum Gasteiger partial charge on any atom is 0.196 e. The van der Waals surface area contributed by atoms with Gasteiger partial charge in [0.05, 0.1) is 10.6 Å². The van der Waals surface area contributed by atoms with E-state index in [9.17, 15) is 9.18 Å². The first kappa shape index (κ1) is 10.8. The van der Waals surface area contributed by atoms with Crippen molar-refractivity contribution in [3.8, 4) is 0 Å². The van der Waals surface area contributed by atoms with E-state index < -0.39 is 5.82 Å². The van der Waals surface area contributed by atoms with Crippen molar-refractivity contribution in [3.05, 3.63) is 70.5 Å². The number of benzene rings is 2. The van der Waals surface area contributed by atoms with Crippen molar-refractivity contribution in [2.45, 2.75) is 0 Å². The molecule has 0 saturated carbocycles. The number of hydrogen-bond donors (Lipinski definition) is 0. The van der Waals surface area contributed by atoms with Crippen LogP contribution >= 0.6 is 11.6 Å². The van der Waals surface area contributed by atoms with Gasteiger partial charge in [-0.25, -0.2) is 4.39 Å². The van der Waals surface area contributed by atoms with Gasteiger partial charge in [0, 0.05) is 5.56 Å². The van der Waals surface area contributed by atoms with E-state index in [0.29, 0.717) is 5.56 Å². The fourth-order valence-electron chi connectivity index (χ4n) is 1.42. The molecule has 0 spiro atoms. The van der Waals surface area contributed by atoms with Gasteiger partial charge >= 0.3 is 0 Å². The number of ketones is 1. The Morgan fingerprint density at radius 1 is 1.00 bits per heavy atom. The van der Waals surface area contributed by atoms with Crippen molar-refractivity contribution in [2.75, 3.05) is 0 Å². The number of halogens is 2. The molecule has 0 aliphatic rings. The molecule has 0 saturated heterocycles. The topological polar surface area (TPSA) is 17.1 Å². The van der Waals surface area contributed by atoms with Gasteiger partial charge in [0.15, 0.2) is 11.6 Å². The molecule has 0 fully saturated rings. The Morgan fingerprint density at radius 3 is 2.38 bits per heavy atom. The van der Waals surface area contributed by atoms with Crippen molar-refractivity contribution < 1.29 is 9.18 Å². The standard InChI is InChI=1S/C13H8ClFO/c14-11-8-4-7-10(12(11)15)13(16)9-5-2-1-3-6-9/h1-8H. The number of rotatable bonds is 2. The summed E-state index contributed by atoms with van der Waals surface area (Å²) in [6.07, 6.45) is 0. The Morgan fingerprint density at radius 2 is 1.69 bits per heavy atom. The predicted octanol–water partition coefficient (Wildman–Crippen LogP) is 3.71. The summed E-state index contributed by atoms with van der Waals surface area (Å²) in [5.41, 5.74) is 0.447. The highest BCUT2D eigenvalue weighted by Gasteiger charge is 2.15. The zero-order valence-electron chi connectivity index (χ0n) is 8.28. The number of carbonyl (C=O) groups is 1. The zero-order chi connectivity index (χ0) is 11.5. The SMILES string of the molecule is O=C(c1ccccc1)c1cccc(Cl)c1F. The first-order valence-electron chi connectivity index (χ1n) is 4.74. The van der Waals surface area contributed by atoms with Crippen molar-refractivity contribution in [1.82, 2.24) is 0 Å². The smallest absolute Gasteiger partial charge is 0.196 e. The average molecular weight is 235 g/mol.